The van der Waals surface area contributed by atoms with E-state index in [0.717, 1.165) is 6.08 Å². The van der Waals surface area contributed by atoms with E-state index in [9.17, 15) is 9.59 Å². The molecule has 0 fully saturated rings. The van der Waals surface area contributed by atoms with E-state index in [-0.39, 0.29) is 5.57 Å². The summed E-state index contributed by atoms with van der Waals surface area (Å²) in [7, 11) is 0. The van der Waals surface area contributed by atoms with Crippen molar-refractivity contribution in [2.45, 2.75) is 24.8 Å². The summed E-state index contributed by atoms with van der Waals surface area (Å²) < 4.78 is 0. The highest BCUT2D eigenvalue weighted by Crippen LogP contribution is 2.24. The number of hydrogen-bond donors (Lipinski definition) is 3. The monoisotopic (exact) mass is 185 g/mol. The molecule has 5 nitrogen and oxygen atoms in total. The molecule has 0 saturated heterocycles. The molecule has 0 aromatic carbocycles. The van der Waals surface area contributed by atoms with Crippen LogP contribution < -0.4 is 5.73 Å². The van der Waals surface area contributed by atoms with Gasteiger partial charge in [-0.15, -0.1) is 0 Å². The Morgan fingerprint density at radius 3 is 2.54 bits per heavy atom. The molecule has 0 spiro atoms. The molecule has 13 heavy (non-hydrogen) atoms. The van der Waals surface area contributed by atoms with Crippen LogP contribution in [-0.4, -0.2) is 27.7 Å². The van der Waals surface area contributed by atoms with Gasteiger partial charge in [0.2, 0.25) is 0 Å². The Morgan fingerprint density at radius 1 is 1.46 bits per heavy atom. The number of carboxylic acid groups (broad SMARTS) is 2. The average molecular weight is 185 g/mol. The first-order valence-electron chi connectivity index (χ1n) is 3.93. The molecule has 0 aromatic heterocycles. The first kappa shape index (κ1) is 9.73. The summed E-state index contributed by atoms with van der Waals surface area (Å²) in [6.07, 6.45) is 2.32. The van der Waals surface area contributed by atoms with E-state index < -0.39 is 17.5 Å². The Kier molecular flexibility index (Phi) is 2.38. The van der Waals surface area contributed by atoms with E-state index in [1.165, 1.54) is 0 Å². The van der Waals surface area contributed by atoms with Crippen LogP contribution in [0.15, 0.2) is 11.6 Å². The summed E-state index contributed by atoms with van der Waals surface area (Å²) in [4.78, 5) is 21.2. The Balaban J connectivity index is 2.97. The van der Waals surface area contributed by atoms with Crippen molar-refractivity contribution in [3.63, 3.8) is 0 Å². The largest absolute Gasteiger partial charge is 0.480 e. The van der Waals surface area contributed by atoms with Gasteiger partial charge in [-0.1, -0.05) is 0 Å². The number of carboxylic acids is 2. The highest BCUT2D eigenvalue weighted by atomic mass is 16.4. The molecule has 1 rings (SSSR count). The third kappa shape index (κ3) is 1.86. The molecule has 4 N–H and O–H groups in total. The Labute approximate surface area is 74.8 Å². The number of aliphatic carboxylic acids is 2. The fraction of sp³-hybridized carbons (Fsp3) is 0.500. The summed E-state index contributed by atoms with van der Waals surface area (Å²) in [5.74, 6) is -2.26. The van der Waals surface area contributed by atoms with E-state index >= 15 is 0 Å². The van der Waals surface area contributed by atoms with Gasteiger partial charge in [0.05, 0.1) is 0 Å². The lowest BCUT2D eigenvalue weighted by atomic mass is 9.84. The van der Waals surface area contributed by atoms with Gasteiger partial charge in [-0.05, 0) is 25.3 Å². The minimum absolute atomic E-state index is 0.0937. The number of carbonyl (C=O) groups is 2. The van der Waals surface area contributed by atoms with Crippen molar-refractivity contribution in [2.24, 2.45) is 5.73 Å². The molecular weight excluding hydrogens is 174 g/mol. The zero-order valence-corrected chi connectivity index (χ0v) is 6.99. The maximum Gasteiger partial charge on any atom is 0.331 e. The Morgan fingerprint density at radius 2 is 2.08 bits per heavy atom. The highest BCUT2D eigenvalue weighted by molar-refractivity contribution is 5.90. The molecule has 1 aliphatic carbocycles. The Hall–Kier alpha value is -1.36. The lowest BCUT2D eigenvalue weighted by Crippen LogP contribution is -2.48. The van der Waals surface area contributed by atoms with Crippen molar-refractivity contribution in [3.8, 4) is 0 Å². The van der Waals surface area contributed by atoms with E-state index in [1.807, 2.05) is 0 Å². The molecular formula is C8H11NO4. The van der Waals surface area contributed by atoms with Gasteiger partial charge < -0.3 is 15.9 Å². The van der Waals surface area contributed by atoms with Crippen molar-refractivity contribution < 1.29 is 19.8 Å². The van der Waals surface area contributed by atoms with Gasteiger partial charge in [-0.25, -0.2) is 9.59 Å². The second-order valence-corrected chi connectivity index (χ2v) is 3.17. The SMILES string of the molecule is NC1(C(=O)O)C=C(C(=O)O)CCC1. The molecule has 1 atom stereocenters. The average Bonchev–Trinajstić information content (AvgIpc) is 2.04. The topological polar surface area (TPSA) is 101 Å². The predicted octanol–water partition coefficient (Wildman–Crippen LogP) is -0.0366. The highest BCUT2D eigenvalue weighted by Gasteiger charge is 2.35. The summed E-state index contributed by atoms with van der Waals surface area (Å²) in [5.41, 5.74) is 4.09. The maximum atomic E-state index is 10.7. The third-order valence-corrected chi connectivity index (χ3v) is 2.14. The Bertz CT molecular complexity index is 284. The van der Waals surface area contributed by atoms with Crippen LogP contribution in [0.3, 0.4) is 0 Å². The standard InChI is InChI=1S/C8H11NO4/c9-8(7(12)13)3-1-2-5(4-8)6(10)11/h4H,1-3,9H2,(H,10,11)(H,12,13). The zero-order chi connectivity index (χ0) is 10.1. The second kappa shape index (κ2) is 3.18. The summed E-state index contributed by atoms with van der Waals surface area (Å²) in [6.45, 7) is 0. The molecule has 0 heterocycles. The predicted molar refractivity (Wildman–Crippen MR) is 44.1 cm³/mol. The van der Waals surface area contributed by atoms with Crippen LogP contribution in [0.4, 0.5) is 0 Å². The van der Waals surface area contributed by atoms with Crippen molar-refractivity contribution in [3.05, 3.63) is 11.6 Å². The molecule has 72 valence electrons. The maximum absolute atomic E-state index is 10.7. The van der Waals surface area contributed by atoms with Gasteiger partial charge in [-0.3, -0.25) is 0 Å². The van der Waals surface area contributed by atoms with Crippen LogP contribution in [0, 0.1) is 0 Å². The van der Waals surface area contributed by atoms with Crippen LogP contribution >= 0.6 is 0 Å². The van der Waals surface area contributed by atoms with Crippen LogP contribution in [0.2, 0.25) is 0 Å². The number of nitrogens with two attached hydrogens (primary N) is 1. The van der Waals surface area contributed by atoms with Crippen LogP contribution in [0.1, 0.15) is 19.3 Å². The molecule has 0 bridgehead atoms. The first-order valence-corrected chi connectivity index (χ1v) is 3.93. The van der Waals surface area contributed by atoms with Crippen LogP contribution in [0.25, 0.3) is 0 Å². The van der Waals surface area contributed by atoms with E-state index in [4.69, 9.17) is 15.9 Å². The molecule has 0 radical (unpaired) electrons. The van der Waals surface area contributed by atoms with Gasteiger partial charge >= 0.3 is 11.9 Å². The van der Waals surface area contributed by atoms with Gasteiger partial charge in [0.15, 0.2) is 0 Å². The third-order valence-electron chi connectivity index (χ3n) is 2.14. The quantitative estimate of drug-likeness (QED) is 0.560. The van der Waals surface area contributed by atoms with Gasteiger partial charge in [0.1, 0.15) is 5.54 Å². The fourth-order valence-electron chi connectivity index (χ4n) is 1.36. The van der Waals surface area contributed by atoms with Crippen molar-refractivity contribution in [1.82, 2.24) is 0 Å². The summed E-state index contributed by atoms with van der Waals surface area (Å²) in [6, 6.07) is 0. The van der Waals surface area contributed by atoms with Gasteiger partial charge in [0.25, 0.3) is 0 Å². The minimum Gasteiger partial charge on any atom is -0.480 e. The van der Waals surface area contributed by atoms with Crippen LogP contribution in [0.5, 0.6) is 0 Å². The normalized spacial score (nSPS) is 27.9. The molecule has 0 aromatic rings. The molecule has 1 unspecified atom stereocenters. The first-order chi connectivity index (χ1) is 5.96. The fourth-order valence-corrected chi connectivity index (χ4v) is 1.36. The smallest absolute Gasteiger partial charge is 0.331 e. The van der Waals surface area contributed by atoms with Gasteiger partial charge in [-0.2, -0.15) is 0 Å². The molecule has 0 aliphatic heterocycles. The molecule has 1 aliphatic rings. The van der Waals surface area contributed by atoms with Crippen molar-refractivity contribution in [1.29, 1.82) is 0 Å². The molecule has 0 saturated carbocycles. The summed E-state index contributed by atoms with van der Waals surface area (Å²) >= 11 is 0. The molecule has 0 amide bonds. The minimum atomic E-state index is -1.49. The van der Waals surface area contributed by atoms with Gasteiger partial charge in [0, 0.05) is 5.57 Å². The van der Waals surface area contributed by atoms with Crippen molar-refractivity contribution in [2.75, 3.05) is 0 Å². The van der Waals surface area contributed by atoms with E-state index in [1.54, 1.807) is 0 Å². The van der Waals surface area contributed by atoms with E-state index in [2.05, 4.69) is 0 Å². The molecule has 5 heteroatoms. The summed E-state index contributed by atoms with van der Waals surface area (Å²) in [5, 5.41) is 17.4. The lowest BCUT2D eigenvalue weighted by molar-refractivity contribution is -0.141. The second-order valence-electron chi connectivity index (χ2n) is 3.17. The van der Waals surface area contributed by atoms with E-state index in [0.29, 0.717) is 19.3 Å². The number of hydrogen-bond acceptors (Lipinski definition) is 3. The number of rotatable bonds is 2. The zero-order valence-electron chi connectivity index (χ0n) is 6.99. The lowest BCUT2D eigenvalue weighted by Gasteiger charge is -2.25. The van der Waals surface area contributed by atoms with Crippen LogP contribution in [-0.2, 0) is 9.59 Å². The van der Waals surface area contributed by atoms with Crippen molar-refractivity contribution >= 4 is 11.9 Å².